The van der Waals surface area contributed by atoms with Crippen LogP contribution in [0.15, 0.2) is 9.98 Å². The summed E-state index contributed by atoms with van der Waals surface area (Å²) in [4.78, 5) is 30.9. The van der Waals surface area contributed by atoms with Gasteiger partial charge in [0.2, 0.25) is 11.8 Å². The average molecular weight is 359 g/mol. The molecule has 0 aromatic rings. The number of amides is 2. The van der Waals surface area contributed by atoms with Crippen LogP contribution in [0.25, 0.3) is 0 Å². The third-order valence-electron chi connectivity index (χ3n) is 2.91. The van der Waals surface area contributed by atoms with Gasteiger partial charge in [0.25, 0.3) is 0 Å². The second-order valence-corrected chi connectivity index (χ2v) is 4.97. The van der Waals surface area contributed by atoms with Crippen molar-refractivity contribution in [3.8, 4) is 0 Å². The molecule has 0 aliphatic heterocycles. The summed E-state index contributed by atoms with van der Waals surface area (Å²) >= 11 is 0. The molecule has 0 bridgehead atoms. The molecule has 2 atom stereocenters. The summed E-state index contributed by atoms with van der Waals surface area (Å²) in [6.45, 7) is 4.72. The van der Waals surface area contributed by atoms with Gasteiger partial charge in [0, 0.05) is 13.1 Å². The van der Waals surface area contributed by atoms with Crippen LogP contribution in [-0.4, -0.2) is 48.9 Å². The van der Waals surface area contributed by atoms with E-state index < -0.39 is 23.9 Å². The van der Waals surface area contributed by atoms with Crippen LogP contribution >= 0.6 is 0 Å². The van der Waals surface area contributed by atoms with Crippen molar-refractivity contribution in [1.82, 2.24) is 5.32 Å². The Kier molecular flexibility index (Phi) is 14.8. The van der Waals surface area contributed by atoms with Crippen LogP contribution in [-0.2, 0) is 9.59 Å². The maximum atomic E-state index is 11.9. The highest BCUT2D eigenvalue weighted by molar-refractivity contribution is 5.88. The number of nitrogens with zero attached hydrogens (tertiary/aromatic N) is 2. The Morgan fingerprint density at radius 2 is 1.32 bits per heavy atom. The lowest BCUT2D eigenvalue weighted by atomic mass is 10.1. The van der Waals surface area contributed by atoms with E-state index in [0.29, 0.717) is 38.8 Å². The Balaban J connectivity index is 0. The Bertz CT molecular complexity index is 444. The van der Waals surface area contributed by atoms with Gasteiger partial charge in [-0.15, -0.1) is 0 Å². The Morgan fingerprint density at radius 1 is 0.880 bits per heavy atom. The number of guanidine groups is 2. The van der Waals surface area contributed by atoms with Gasteiger partial charge in [-0.3, -0.25) is 19.6 Å². The first-order valence-corrected chi connectivity index (χ1v) is 8.20. The zero-order valence-electron chi connectivity index (χ0n) is 15.1. The minimum Gasteiger partial charge on any atom is -0.370 e. The molecule has 146 valence electrons. The molecule has 0 saturated heterocycles. The van der Waals surface area contributed by atoms with E-state index in [2.05, 4.69) is 15.3 Å². The number of carbonyl (C=O) groups excluding carboxylic acids is 2. The van der Waals surface area contributed by atoms with Crippen molar-refractivity contribution in [2.24, 2.45) is 44.4 Å². The van der Waals surface area contributed by atoms with Crippen molar-refractivity contribution in [1.29, 1.82) is 0 Å². The minimum atomic E-state index is -0.819. The number of nitrogens with one attached hydrogen (secondary N) is 1. The van der Waals surface area contributed by atoms with E-state index in [1.165, 1.54) is 0 Å². The third kappa shape index (κ3) is 14.7. The molecule has 11 nitrogen and oxygen atoms in total. The molecule has 11 heteroatoms. The van der Waals surface area contributed by atoms with Crippen LogP contribution in [0.5, 0.6) is 0 Å². The standard InChI is InChI=1S/C12H27N9O2.C2H6/c13-7(3-1-5-19-11(15)16)10(23)21-8(9(14)22)4-2-6-20-12(17)18;1-2/h7-8H,1-6,13H2,(H2,14,22)(H,21,23)(H4,15,16,19)(H4,17,18,20);1-2H3/t7-,8?;/m0./s1. The number of carbonyl (C=O) groups is 2. The molecule has 0 fully saturated rings. The molecule has 0 radical (unpaired) electrons. The van der Waals surface area contributed by atoms with Crippen molar-refractivity contribution >= 4 is 23.7 Å². The first-order chi connectivity index (χ1) is 11.7. The molecule has 0 aliphatic carbocycles. The second kappa shape index (κ2) is 15.0. The fourth-order valence-corrected chi connectivity index (χ4v) is 1.72. The minimum absolute atomic E-state index is 0.0161. The topological polar surface area (TPSA) is 227 Å². The molecular formula is C14H33N9O2. The molecule has 0 rings (SSSR count). The fraction of sp³-hybridized carbons (Fsp3) is 0.714. The Labute approximate surface area is 148 Å². The summed E-state index contributed by atoms with van der Waals surface area (Å²) in [5.41, 5.74) is 31.8. The maximum absolute atomic E-state index is 11.9. The van der Waals surface area contributed by atoms with E-state index in [1.807, 2.05) is 13.8 Å². The van der Waals surface area contributed by atoms with Crippen LogP contribution in [0.1, 0.15) is 39.5 Å². The van der Waals surface area contributed by atoms with Crippen LogP contribution in [0.3, 0.4) is 0 Å². The Hall–Kier alpha value is -2.56. The molecule has 2 amide bonds. The van der Waals surface area contributed by atoms with E-state index in [9.17, 15) is 9.59 Å². The van der Waals surface area contributed by atoms with Gasteiger partial charge in [0.1, 0.15) is 6.04 Å². The van der Waals surface area contributed by atoms with Gasteiger partial charge in [-0.05, 0) is 25.7 Å². The first-order valence-electron chi connectivity index (χ1n) is 8.20. The number of hydrogen-bond donors (Lipinski definition) is 7. The average Bonchev–Trinajstić information content (AvgIpc) is 2.55. The summed E-state index contributed by atoms with van der Waals surface area (Å²) in [7, 11) is 0. The smallest absolute Gasteiger partial charge is 0.240 e. The van der Waals surface area contributed by atoms with Gasteiger partial charge in [-0.25, -0.2) is 0 Å². The van der Waals surface area contributed by atoms with Crippen LogP contribution < -0.4 is 39.7 Å². The third-order valence-corrected chi connectivity index (χ3v) is 2.91. The number of rotatable bonds is 11. The molecule has 0 aromatic carbocycles. The van der Waals surface area contributed by atoms with E-state index in [0.717, 1.165) is 0 Å². The normalized spacial score (nSPS) is 12.0. The zero-order valence-corrected chi connectivity index (χ0v) is 15.1. The monoisotopic (exact) mass is 359 g/mol. The molecule has 0 spiro atoms. The van der Waals surface area contributed by atoms with Crippen LogP contribution in [0, 0.1) is 0 Å². The highest BCUT2D eigenvalue weighted by Gasteiger charge is 2.21. The molecule has 1 unspecified atom stereocenters. The molecule has 13 N–H and O–H groups in total. The van der Waals surface area contributed by atoms with Gasteiger partial charge >= 0.3 is 0 Å². The van der Waals surface area contributed by atoms with Crippen molar-refractivity contribution < 1.29 is 9.59 Å². The SMILES string of the molecule is CC.NC(=O)C(CCCN=C(N)N)NC(=O)[C@@H](N)CCCN=C(N)N. The van der Waals surface area contributed by atoms with Crippen LogP contribution in [0.2, 0.25) is 0 Å². The van der Waals surface area contributed by atoms with Crippen molar-refractivity contribution in [2.45, 2.75) is 51.6 Å². The lowest BCUT2D eigenvalue weighted by Gasteiger charge is -2.18. The number of hydrogen-bond acceptors (Lipinski definition) is 5. The molecule has 0 heterocycles. The number of aliphatic imine (C=N–C) groups is 2. The van der Waals surface area contributed by atoms with Crippen molar-refractivity contribution in [2.75, 3.05) is 13.1 Å². The summed E-state index contributed by atoms with van der Waals surface area (Å²) in [5, 5.41) is 2.52. The van der Waals surface area contributed by atoms with Gasteiger partial charge in [-0.1, -0.05) is 13.8 Å². The lowest BCUT2D eigenvalue weighted by Crippen LogP contribution is -2.50. The highest BCUT2D eigenvalue weighted by atomic mass is 16.2. The molecule has 0 aliphatic rings. The molecular weight excluding hydrogens is 326 g/mol. The van der Waals surface area contributed by atoms with Crippen molar-refractivity contribution in [3.63, 3.8) is 0 Å². The zero-order chi connectivity index (χ0) is 19.8. The predicted molar refractivity (Wildman–Crippen MR) is 100 cm³/mol. The predicted octanol–water partition coefficient (Wildman–Crippen LogP) is -2.58. The molecule has 0 aromatic heterocycles. The van der Waals surface area contributed by atoms with Gasteiger partial charge in [-0.2, -0.15) is 0 Å². The largest absolute Gasteiger partial charge is 0.370 e. The molecule has 0 saturated carbocycles. The van der Waals surface area contributed by atoms with Gasteiger partial charge < -0.3 is 39.7 Å². The first kappa shape index (κ1) is 24.7. The second-order valence-electron chi connectivity index (χ2n) is 4.97. The number of primary amides is 1. The summed E-state index contributed by atoms with van der Waals surface area (Å²) < 4.78 is 0. The lowest BCUT2D eigenvalue weighted by molar-refractivity contribution is -0.128. The van der Waals surface area contributed by atoms with Crippen molar-refractivity contribution in [3.05, 3.63) is 0 Å². The van der Waals surface area contributed by atoms with Crippen LogP contribution in [0.4, 0.5) is 0 Å². The summed E-state index contributed by atoms with van der Waals surface area (Å²) in [6, 6.07) is -1.59. The molecule has 25 heavy (non-hydrogen) atoms. The van der Waals surface area contributed by atoms with Gasteiger partial charge in [0.05, 0.1) is 6.04 Å². The quantitative estimate of drug-likeness (QED) is 0.118. The summed E-state index contributed by atoms with van der Waals surface area (Å²) in [6.07, 6.45) is 1.73. The van der Waals surface area contributed by atoms with Gasteiger partial charge in [0.15, 0.2) is 11.9 Å². The van der Waals surface area contributed by atoms with E-state index in [1.54, 1.807) is 0 Å². The maximum Gasteiger partial charge on any atom is 0.240 e. The summed E-state index contributed by atoms with van der Waals surface area (Å²) in [5.74, 6) is -1.15. The fourth-order valence-electron chi connectivity index (χ4n) is 1.72. The van der Waals surface area contributed by atoms with E-state index in [4.69, 9.17) is 34.4 Å². The Morgan fingerprint density at radius 3 is 1.72 bits per heavy atom. The highest BCUT2D eigenvalue weighted by Crippen LogP contribution is 2.01. The van der Waals surface area contributed by atoms with E-state index in [-0.39, 0.29) is 11.9 Å². The van der Waals surface area contributed by atoms with E-state index >= 15 is 0 Å². The number of nitrogens with two attached hydrogens (primary N) is 6.